The van der Waals surface area contributed by atoms with Crippen LogP contribution in [0.2, 0.25) is 5.02 Å². The highest BCUT2D eigenvalue weighted by molar-refractivity contribution is 7.92. The molecule has 0 fully saturated rings. The number of imidazole rings is 1. The van der Waals surface area contributed by atoms with Gasteiger partial charge >= 0.3 is 0 Å². The molecule has 0 aliphatic rings. The molecule has 0 aliphatic heterocycles. The minimum Gasteiger partial charge on any atom is -0.350 e. The zero-order chi connectivity index (χ0) is 25.0. The number of sulfonamides is 1. The van der Waals surface area contributed by atoms with Crippen molar-refractivity contribution >= 4 is 33.2 Å². The van der Waals surface area contributed by atoms with E-state index < -0.39 is 15.9 Å². The molecule has 7 nitrogen and oxygen atoms in total. The Morgan fingerprint density at radius 1 is 1.03 bits per heavy atom. The minimum absolute atomic E-state index is 0.0529. The molecule has 180 valence electrons. The maximum absolute atomic E-state index is 13.5. The fourth-order valence-electron chi connectivity index (χ4n) is 3.74. The van der Waals surface area contributed by atoms with Crippen LogP contribution in [-0.4, -0.2) is 30.4 Å². The van der Waals surface area contributed by atoms with Crippen molar-refractivity contribution in [1.29, 1.82) is 0 Å². The lowest BCUT2D eigenvalue weighted by Gasteiger charge is -2.24. The molecule has 4 aromatic rings. The van der Waals surface area contributed by atoms with E-state index in [9.17, 15) is 13.2 Å². The number of carbonyl (C=O) groups excluding carboxylic acids is 1. The van der Waals surface area contributed by atoms with Crippen LogP contribution in [0.15, 0.2) is 90.1 Å². The predicted molar refractivity (Wildman–Crippen MR) is 137 cm³/mol. The van der Waals surface area contributed by atoms with Gasteiger partial charge in [0.1, 0.15) is 12.4 Å². The molecule has 0 radical (unpaired) electrons. The summed E-state index contributed by atoms with van der Waals surface area (Å²) in [6.07, 6.45) is 3.57. The highest BCUT2D eigenvalue weighted by atomic mass is 35.5. The van der Waals surface area contributed by atoms with Gasteiger partial charge in [0.25, 0.3) is 10.0 Å². The van der Waals surface area contributed by atoms with Crippen molar-refractivity contribution in [2.75, 3.05) is 10.8 Å². The Hall–Kier alpha value is -3.62. The lowest BCUT2D eigenvalue weighted by Crippen LogP contribution is -2.40. The summed E-state index contributed by atoms with van der Waals surface area (Å²) in [5.41, 5.74) is 3.06. The molecule has 35 heavy (non-hydrogen) atoms. The van der Waals surface area contributed by atoms with E-state index in [4.69, 9.17) is 11.6 Å². The van der Waals surface area contributed by atoms with Gasteiger partial charge in [0.05, 0.1) is 16.3 Å². The number of anilines is 1. The molecule has 0 saturated heterocycles. The molecule has 0 unspecified atom stereocenters. The summed E-state index contributed by atoms with van der Waals surface area (Å²) < 4.78 is 30.1. The van der Waals surface area contributed by atoms with E-state index in [0.717, 1.165) is 26.9 Å². The number of nitrogens with one attached hydrogen (secondary N) is 1. The number of hydrogen-bond donors (Lipinski definition) is 1. The van der Waals surface area contributed by atoms with Crippen LogP contribution < -0.4 is 9.62 Å². The second-order valence-electron chi connectivity index (χ2n) is 8.05. The van der Waals surface area contributed by atoms with E-state index in [0.29, 0.717) is 10.7 Å². The summed E-state index contributed by atoms with van der Waals surface area (Å²) in [6.45, 7) is 3.62. The minimum atomic E-state index is -4.01. The van der Waals surface area contributed by atoms with Crippen molar-refractivity contribution in [2.24, 2.45) is 0 Å². The number of amides is 1. The van der Waals surface area contributed by atoms with E-state index in [-0.39, 0.29) is 18.0 Å². The van der Waals surface area contributed by atoms with Gasteiger partial charge in [-0.05, 0) is 67.4 Å². The lowest BCUT2D eigenvalue weighted by atomic mass is 10.1. The summed E-state index contributed by atoms with van der Waals surface area (Å²) in [4.78, 5) is 17.3. The molecule has 1 heterocycles. The van der Waals surface area contributed by atoms with Crippen LogP contribution in [0.4, 0.5) is 5.69 Å². The Labute approximate surface area is 210 Å². The summed E-state index contributed by atoms with van der Waals surface area (Å²) in [6, 6.07) is 20.6. The van der Waals surface area contributed by atoms with Gasteiger partial charge in [-0.3, -0.25) is 9.10 Å². The lowest BCUT2D eigenvalue weighted by molar-refractivity contribution is -0.119. The van der Waals surface area contributed by atoms with Gasteiger partial charge < -0.3 is 9.88 Å². The second kappa shape index (κ2) is 10.3. The molecular formula is C26H25ClN4O3S. The van der Waals surface area contributed by atoms with Crippen molar-refractivity contribution in [3.05, 3.63) is 107 Å². The number of benzene rings is 3. The number of aryl methyl sites for hydroxylation is 2. The van der Waals surface area contributed by atoms with E-state index in [1.807, 2.05) is 54.9 Å². The van der Waals surface area contributed by atoms with Gasteiger partial charge in [-0.1, -0.05) is 41.9 Å². The standard InChI is InChI=1S/C26H25ClN4O3S/c1-19-6-5-8-23(16-19)31(35(33,34)24-12-10-22(27)11-13-24)18-26(32)29-17-21-7-3-4-9-25(21)30-15-14-28-20(30)2/h3-16H,17-18H2,1-2H3,(H,29,32). The third-order valence-corrected chi connectivity index (χ3v) is 7.57. The SMILES string of the molecule is Cc1cccc(N(CC(=O)NCc2ccccc2-n2ccnc2C)S(=O)(=O)c2ccc(Cl)cc2)c1. The predicted octanol–water partition coefficient (Wildman–Crippen LogP) is 4.65. The van der Waals surface area contributed by atoms with Crippen molar-refractivity contribution in [3.8, 4) is 5.69 Å². The third-order valence-electron chi connectivity index (χ3n) is 5.53. The third kappa shape index (κ3) is 5.55. The number of carbonyl (C=O) groups is 1. The number of aromatic nitrogens is 2. The molecule has 1 N–H and O–H groups in total. The summed E-state index contributed by atoms with van der Waals surface area (Å²) >= 11 is 5.94. The van der Waals surface area contributed by atoms with Gasteiger partial charge in [-0.2, -0.15) is 0 Å². The van der Waals surface area contributed by atoms with Crippen molar-refractivity contribution in [1.82, 2.24) is 14.9 Å². The van der Waals surface area contributed by atoms with E-state index >= 15 is 0 Å². The number of nitrogens with zero attached hydrogens (tertiary/aromatic N) is 3. The van der Waals surface area contributed by atoms with Crippen LogP contribution >= 0.6 is 11.6 Å². The highest BCUT2D eigenvalue weighted by Gasteiger charge is 2.27. The van der Waals surface area contributed by atoms with Gasteiger partial charge in [0, 0.05) is 24.0 Å². The van der Waals surface area contributed by atoms with Gasteiger partial charge in [-0.15, -0.1) is 0 Å². The van der Waals surface area contributed by atoms with Gasteiger partial charge in [0.2, 0.25) is 5.91 Å². The molecule has 9 heteroatoms. The first kappa shape index (κ1) is 24.5. The van der Waals surface area contributed by atoms with Crippen LogP contribution in [0.1, 0.15) is 17.0 Å². The van der Waals surface area contributed by atoms with Crippen LogP contribution in [0, 0.1) is 13.8 Å². The van der Waals surface area contributed by atoms with E-state index in [2.05, 4.69) is 10.3 Å². The molecule has 0 spiro atoms. The zero-order valence-corrected chi connectivity index (χ0v) is 20.9. The average Bonchev–Trinajstić information content (AvgIpc) is 3.27. The Morgan fingerprint density at radius 3 is 2.46 bits per heavy atom. The van der Waals surface area contributed by atoms with Crippen LogP contribution in [0.25, 0.3) is 5.69 Å². The fraction of sp³-hybridized carbons (Fsp3) is 0.154. The summed E-state index contributed by atoms with van der Waals surface area (Å²) in [7, 11) is -4.01. The molecule has 0 atom stereocenters. The molecule has 1 amide bonds. The van der Waals surface area contributed by atoms with E-state index in [1.54, 1.807) is 24.4 Å². The smallest absolute Gasteiger partial charge is 0.264 e. The molecule has 1 aromatic heterocycles. The monoisotopic (exact) mass is 508 g/mol. The summed E-state index contributed by atoms with van der Waals surface area (Å²) in [5, 5.41) is 3.29. The van der Waals surface area contributed by atoms with Gasteiger partial charge in [-0.25, -0.2) is 13.4 Å². The van der Waals surface area contributed by atoms with Crippen LogP contribution in [-0.2, 0) is 21.4 Å². The van der Waals surface area contributed by atoms with Gasteiger partial charge in [0.15, 0.2) is 0 Å². The summed E-state index contributed by atoms with van der Waals surface area (Å²) in [5.74, 6) is 0.393. The molecule has 3 aromatic carbocycles. The zero-order valence-electron chi connectivity index (χ0n) is 19.3. The Bertz CT molecular complexity index is 1450. The molecule has 4 rings (SSSR count). The quantitative estimate of drug-likeness (QED) is 0.375. The Morgan fingerprint density at radius 2 is 1.77 bits per heavy atom. The second-order valence-corrected chi connectivity index (χ2v) is 10.4. The normalized spacial score (nSPS) is 11.3. The fourth-order valence-corrected chi connectivity index (χ4v) is 5.28. The van der Waals surface area contributed by atoms with Crippen LogP contribution in [0.5, 0.6) is 0 Å². The number of halogens is 1. The van der Waals surface area contributed by atoms with Crippen molar-refractivity contribution < 1.29 is 13.2 Å². The van der Waals surface area contributed by atoms with Crippen LogP contribution in [0.3, 0.4) is 0 Å². The molecule has 0 bridgehead atoms. The first-order valence-corrected chi connectivity index (χ1v) is 12.8. The maximum Gasteiger partial charge on any atom is 0.264 e. The molecular weight excluding hydrogens is 484 g/mol. The van der Waals surface area contributed by atoms with E-state index in [1.165, 1.54) is 24.3 Å². The van der Waals surface area contributed by atoms with Crippen molar-refractivity contribution in [3.63, 3.8) is 0 Å². The highest BCUT2D eigenvalue weighted by Crippen LogP contribution is 2.25. The first-order chi connectivity index (χ1) is 16.8. The Kier molecular flexibility index (Phi) is 7.23. The number of rotatable bonds is 8. The number of hydrogen-bond acceptors (Lipinski definition) is 4. The topological polar surface area (TPSA) is 84.3 Å². The number of para-hydroxylation sites is 1. The maximum atomic E-state index is 13.5. The molecule has 0 aliphatic carbocycles. The Balaban J connectivity index is 1.58. The average molecular weight is 509 g/mol. The molecule has 0 saturated carbocycles. The first-order valence-electron chi connectivity index (χ1n) is 11.0. The largest absolute Gasteiger partial charge is 0.350 e. The van der Waals surface area contributed by atoms with Crippen molar-refractivity contribution in [2.45, 2.75) is 25.3 Å².